The fraction of sp³-hybridized carbons (Fsp3) is 0.278. The zero-order valence-corrected chi connectivity index (χ0v) is 15.2. The summed E-state index contributed by atoms with van der Waals surface area (Å²) in [5.41, 5.74) is 1.57. The summed E-state index contributed by atoms with van der Waals surface area (Å²) in [5, 5.41) is 3.68. The number of carbonyl (C=O) groups is 1. The van der Waals surface area contributed by atoms with Gasteiger partial charge in [-0.15, -0.1) is 0 Å². The molecule has 2 amide bonds. The maximum absolute atomic E-state index is 12.5. The highest BCUT2D eigenvalue weighted by Gasteiger charge is 2.16. The van der Waals surface area contributed by atoms with Gasteiger partial charge in [0, 0.05) is 18.8 Å². The molecular formula is C18H18Cl2N2O3. The molecule has 1 heterocycles. The number of halogens is 2. The molecule has 1 N–H and O–H groups in total. The van der Waals surface area contributed by atoms with Crippen molar-refractivity contribution in [2.45, 2.75) is 13.5 Å². The average molecular weight is 381 g/mol. The Morgan fingerprint density at radius 1 is 1.08 bits per heavy atom. The molecule has 0 aromatic heterocycles. The van der Waals surface area contributed by atoms with Crippen molar-refractivity contribution in [2.24, 2.45) is 0 Å². The Hall–Kier alpha value is -2.11. The van der Waals surface area contributed by atoms with Crippen LogP contribution in [0.4, 0.5) is 10.5 Å². The zero-order chi connectivity index (χ0) is 17.8. The Morgan fingerprint density at radius 2 is 1.84 bits per heavy atom. The number of urea groups is 1. The maximum atomic E-state index is 12.5. The van der Waals surface area contributed by atoms with Gasteiger partial charge in [0.1, 0.15) is 13.2 Å². The lowest BCUT2D eigenvalue weighted by molar-refractivity contribution is 0.171. The molecule has 3 rings (SSSR count). The Labute approximate surface area is 156 Å². The first-order valence-electron chi connectivity index (χ1n) is 7.96. The second-order valence-corrected chi connectivity index (χ2v) is 6.37. The van der Waals surface area contributed by atoms with Gasteiger partial charge in [0.25, 0.3) is 0 Å². The van der Waals surface area contributed by atoms with Crippen molar-refractivity contribution in [1.29, 1.82) is 0 Å². The van der Waals surface area contributed by atoms with E-state index < -0.39 is 0 Å². The van der Waals surface area contributed by atoms with Crippen LogP contribution in [-0.2, 0) is 6.54 Å². The lowest BCUT2D eigenvalue weighted by Gasteiger charge is -2.23. The predicted molar refractivity (Wildman–Crippen MR) is 99.0 cm³/mol. The van der Waals surface area contributed by atoms with Crippen LogP contribution < -0.4 is 14.8 Å². The van der Waals surface area contributed by atoms with Gasteiger partial charge in [0.15, 0.2) is 11.5 Å². The van der Waals surface area contributed by atoms with Crippen LogP contribution in [0.15, 0.2) is 36.4 Å². The van der Waals surface area contributed by atoms with Crippen LogP contribution in [0.5, 0.6) is 11.5 Å². The molecule has 2 aromatic carbocycles. The van der Waals surface area contributed by atoms with Crippen molar-refractivity contribution in [1.82, 2.24) is 4.90 Å². The fourth-order valence-electron chi connectivity index (χ4n) is 2.51. The van der Waals surface area contributed by atoms with E-state index in [1.807, 2.05) is 25.1 Å². The predicted octanol–water partition coefficient (Wildman–Crippen LogP) is 4.82. The smallest absolute Gasteiger partial charge is 0.322 e. The van der Waals surface area contributed by atoms with Gasteiger partial charge in [-0.25, -0.2) is 4.79 Å². The molecule has 0 saturated carbocycles. The van der Waals surface area contributed by atoms with E-state index >= 15 is 0 Å². The molecule has 2 aromatic rings. The van der Waals surface area contributed by atoms with Crippen molar-refractivity contribution >= 4 is 34.9 Å². The summed E-state index contributed by atoms with van der Waals surface area (Å²) in [7, 11) is 0. The summed E-state index contributed by atoms with van der Waals surface area (Å²) in [6.45, 7) is 4.03. The van der Waals surface area contributed by atoms with Gasteiger partial charge in [-0.3, -0.25) is 0 Å². The van der Waals surface area contributed by atoms with E-state index in [-0.39, 0.29) is 6.03 Å². The van der Waals surface area contributed by atoms with Crippen molar-refractivity contribution in [3.63, 3.8) is 0 Å². The summed E-state index contributed by atoms with van der Waals surface area (Å²) in [4.78, 5) is 14.2. The quantitative estimate of drug-likeness (QED) is 0.826. The van der Waals surface area contributed by atoms with E-state index in [2.05, 4.69) is 5.32 Å². The molecular weight excluding hydrogens is 363 g/mol. The summed E-state index contributed by atoms with van der Waals surface area (Å²) >= 11 is 11.9. The molecule has 0 saturated heterocycles. The summed E-state index contributed by atoms with van der Waals surface area (Å²) in [6, 6.07) is 10.5. The first-order chi connectivity index (χ1) is 12.1. The highest BCUT2D eigenvalue weighted by atomic mass is 35.5. The van der Waals surface area contributed by atoms with Gasteiger partial charge in [0.05, 0.1) is 10.0 Å². The minimum atomic E-state index is -0.212. The van der Waals surface area contributed by atoms with Gasteiger partial charge in [0.2, 0.25) is 0 Å². The Kier molecular flexibility index (Phi) is 5.56. The molecule has 7 heteroatoms. The number of ether oxygens (including phenoxy) is 2. The summed E-state index contributed by atoms with van der Waals surface area (Å²) in [5.74, 6) is 1.45. The molecule has 0 radical (unpaired) electrons. The molecule has 132 valence electrons. The lowest BCUT2D eigenvalue weighted by atomic mass is 10.2. The topological polar surface area (TPSA) is 50.8 Å². The highest BCUT2D eigenvalue weighted by Crippen LogP contribution is 2.31. The highest BCUT2D eigenvalue weighted by molar-refractivity contribution is 6.42. The van der Waals surface area contributed by atoms with E-state index in [0.29, 0.717) is 47.8 Å². The van der Waals surface area contributed by atoms with Crippen LogP contribution in [0.2, 0.25) is 10.0 Å². The average Bonchev–Trinajstić information content (AvgIpc) is 2.62. The van der Waals surface area contributed by atoms with Crippen LogP contribution in [-0.4, -0.2) is 30.7 Å². The summed E-state index contributed by atoms with van der Waals surface area (Å²) in [6.07, 6.45) is 0. The van der Waals surface area contributed by atoms with Crippen molar-refractivity contribution in [3.05, 3.63) is 52.0 Å². The van der Waals surface area contributed by atoms with E-state index in [1.165, 1.54) is 0 Å². The first-order valence-corrected chi connectivity index (χ1v) is 8.72. The second kappa shape index (κ2) is 7.85. The number of anilines is 1. The molecule has 0 unspecified atom stereocenters. The van der Waals surface area contributed by atoms with Crippen LogP contribution >= 0.6 is 23.2 Å². The van der Waals surface area contributed by atoms with Gasteiger partial charge < -0.3 is 19.7 Å². The number of amides is 2. The zero-order valence-electron chi connectivity index (χ0n) is 13.7. The van der Waals surface area contributed by atoms with Crippen LogP contribution in [0.25, 0.3) is 0 Å². The van der Waals surface area contributed by atoms with E-state index in [1.54, 1.807) is 23.1 Å². The molecule has 0 fully saturated rings. The molecule has 0 bridgehead atoms. The number of hydrogen-bond donors (Lipinski definition) is 1. The van der Waals surface area contributed by atoms with Gasteiger partial charge in [-0.05, 0) is 42.8 Å². The van der Waals surface area contributed by atoms with E-state index in [0.717, 1.165) is 11.3 Å². The van der Waals surface area contributed by atoms with E-state index in [9.17, 15) is 4.79 Å². The normalized spacial score (nSPS) is 12.6. The number of nitrogens with zero attached hydrogens (tertiary/aromatic N) is 1. The van der Waals surface area contributed by atoms with Crippen LogP contribution in [0.1, 0.15) is 12.5 Å². The Morgan fingerprint density at radius 3 is 2.56 bits per heavy atom. The number of fused-ring (bicyclic) bond motifs is 1. The van der Waals surface area contributed by atoms with Crippen molar-refractivity contribution in [3.8, 4) is 11.5 Å². The lowest BCUT2D eigenvalue weighted by Crippen LogP contribution is -2.34. The first kappa shape index (κ1) is 17.7. The number of hydrogen-bond acceptors (Lipinski definition) is 3. The second-order valence-electron chi connectivity index (χ2n) is 5.55. The molecule has 25 heavy (non-hydrogen) atoms. The Balaban J connectivity index is 1.69. The molecule has 0 spiro atoms. The fourth-order valence-corrected chi connectivity index (χ4v) is 2.81. The van der Waals surface area contributed by atoms with Gasteiger partial charge in [-0.1, -0.05) is 29.3 Å². The molecule has 5 nitrogen and oxygen atoms in total. The van der Waals surface area contributed by atoms with Crippen LogP contribution in [0, 0.1) is 0 Å². The van der Waals surface area contributed by atoms with E-state index in [4.69, 9.17) is 32.7 Å². The largest absolute Gasteiger partial charge is 0.486 e. The number of carbonyl (C=O) groups excluding carboxylic acids is 1. The standard InChI is InChI=1S/C18H18Cl2N2O3/c1-2-22(18(23)21-13-4-5-14(19)15(20)10-13)11-12-3-6-16-17(9-12)25-8-7-24-16/h3-6,9-10H,2,7-8,11H2,1H3,(H,21,23). The molecule has 0 atom stereocenters. The number of nitrogens with one attached hydrogen (secondary N) is 1. The van der Waals surface area contributed by atoms with Crippen LogP contribution in [0.3, 0.4) is 0 Å². The SMILES string of the molecule is CCN(Cc1ccc2c(c1)OCCO2)C(=O)Nc1ccc(Cl)c(Cl)c1. The van der Waals surface area contributed by atoms with Gasteiger partial charge >= 0.3 is 6.03 Å². The third-order valence-corrected chi connectivity index (χ3v) is 4.56. The minimum Gasteiger partial charge on any atom is -0.486 e. The number of rotatable bonds is 4. The third-order valence-electron chi connectivity index (χ3n) is 3.82. The molecule has 0 aliphatic carbocycles. The summed E-state index contributed by atoms with van der Waals surface area (Å²) < 4.78 is 11.1. The van der Waals surface area contributed by atoms with Crippen molar-refractivity contribution < 1.29 is 14.3 Å². The van der Waals surface area contributed by atoms with Gasteiger partial charge in [-0.2, -0.15) is 0 Å². The molecule has 1 aliphatic heterocycles. The maximum Gasteiger partial charge on any atom is 0.322 e. The van der Waals surface area contributed by atoms with Crippen molar-refractivity contribution in [2.75, 3.05) is 25.1 Å². The third kappa shape index (κ3) is 4.30. The monoisotopic (exact) mass is 380 g/mol. The number of benzene rings is 2. The Bertz CT molecular complexity index is 783. The minimum absolute atomic E-state index is 0.212. The molecule has 1 aliphatic rings.